The molecule has 0 unspecified atom stereocenters. The van der Waals surface area contributed by atoms with E-state index in [2.05, 4.69) is 45.7 Å². The average Bonchev–Trinajstić information content (AvgIpc) is 3.38. The minimum absolute atomic E-state index is 0.168. The number of anilines is 1. The molecule has 0 bridgehead atoms. The lowest BCUT2D eigenvalue weighted by Gasteiger charge is -2.29. The van der Waals surface area contributed by atoms with Gasteiger partial charge in [-0.3, -0.25) is 4.98 Å². The van der Waals surface area contributed by atoms with Gasteiger partial charge >= 0.3 is 0 Å². The highest BCUT2D eigenvalue weighted by Gasteiger charge is 2.43. The molecule has 0 radical (unpaired) electrons. The van der Waals surface area contributed by atoms with Crippen LogP contribution in [0.15, 0.2) is 72.9 Å². The Labute approximate surface area is 221 Å². The summed E-state index contributed by atoms with van der Waals surface area (Å²) in [5.41, 5.74) is 6.11. The van der Waals surface area contributed by atoms with Crippen LogP contribution in [0.4, 0.5) is 5.69 Å². The average molecular weight is 519 g/mol. The maximum absolute atomic E-state index is 6.34. The van der Waals surface area contributed by atoms with Crippen molar-refractivity contribution >= 4 is 34.6 Å². The van der Waals surface area contributed by atoms with E-state index in [0.717, 1.165) is 34.0 Å². The maximum atomic E-state index is 6.34. The Balaban J connectivity index is 1.70. The van der Waals surface area contributed by atoms with Crippen molar-refractivity contribution in [1.29, 1.82) is 0 Å². The van der Waals surface area contributed by atoms with Gasteiger partial charge in [0.2, 0.25) is 0 Å². The van der Waals surface area contributed by atoms with E-state index in [1.165, 1.54) is 0 Å². The zero-order valence-electron chi connectivity index (χ0n) is 20.5. The predicted octanol–water partition coefficient (Wildman–Crippen LogP) is 6.34. The molecule has 4 aromatic rings. The van der Waals surface area contributed by atoms with Crippen LogP contribution >= 0.6 is 23.8 Å². The summed E-state index contributed by atoms with van der Waals surface area (Å²) < 4.78 is 13.4. The number of aromatic nitrogens is 2. The number of hydrogen-bond donors (Lipinski definition) is 1. The van der Waals surface area contributed by atoms with E-state index < -0.39 is 0 Å². The van der Waals surface area contributed by atoms with E-state index in [1.807, 2.05) is 60.8 Å². The fourth-order valence-electron chi connectivity index (χ4n) is 5.01. The van der Waals surface area contributed by atoms with Gasteiger partial charge in [0, 0.05) is 34.4 Å². The summed E-state index contributed by atoms with van der Waals surface area (Å²) in [7, 11) is 3.29. The second-order valence-electron chi connectivity index (χ2n) is 8.68. The molecule has 2 aromatic heterocycles. The van der Waals surface area contributed by atoms with Crippen LogP contribution in [0.5, 0.6) is 11.5 Å². The highest BCUT2D eigenvalue weighted by atomic mass is 35.5. The SMILES string of the molecule is COc1ccc(N2C(=S)N[C@H](c3ccccn3)[C@H]2c2cc(C)n(-c3cccc(Cl)c3)c2C)c(OC)c1. The van der Waals surface area contributed by atoms with Gasteiger partial charge in [-0.25, -0.2) is 0 Å². The van der Waals surface area contributed by atoms with Gasteiger partial charge in [-0.2, -0.15) is 0 Å². The van der Waals surface area contributed by atoms with Gasteiger partial charge in [-0.05, 0) is 80.2 Å². The predicted molar refractivity (Wildman–Crippen MR) is 148 cm³/mol. The van der Waals surface area contributed by atoms with E-state index in [0.29, 0.717) is 21.6 Å². The van der Waals surface area contributed by atoms with E-state index >= 15 is 0 Å². The van der Waals surface area contributed by atoms with Crippen LogP contribution in [0.1, 0.15) is 34.7 Å². The van der Waals surface area contributed by atoms with Crippen LogP contribution in [-0.2, 0) is 0 Å². The van der Waals surface area contributed by atoms with Gasteiger partial charge in [0.05, 0.1) is 37.7 Å². The number of benzene rings is 2. The second-order valence-corrected chi connectivity index (χ2v) is 9.50. The number of hydrogen-bond acceptors (Lipinski definition) is 4. The van der Waals surface area contributed by atoms with Crippen molar-refractivity contribution in [3.8, 4) is 17.2 Å². The first-order valence-corrected chi connectivity index (χ1v) is 12.4. The quantitative estimate of drug-likeness (QED) is 0.301. The molecule has 2 atom stereocenters. The Kier molecular flexibility index (Phi) is 6.60. The van der Waals surface area contributed by atoms with Crippen molar-refractivity contribution in [2.75, 3.05) is 19.1 Å². The molecule has 1 aliphatic rings. The third kappa shape index (κ3) is 4.18. The summed E-state index contributed by atoms with van der Waals surface area (Å²) in [4.78, 5) is 6.80. The summed E-state index contributed by atoms with van der Waals surface area (Å²) in [6.45, 7) is 4.23. The normalized spacial score (nSPS) is 17.2. The van der Waals surface area contributed by atoms with Crippen molar-refractivity contribution in [3.05, 3.63) is 101 Å². The van der Waals surface area contributed by atoms with E-state index in [4.69, 9.17) is 33.3 Å². The summed E-state index contributed by atoms with van der Waals surface area (Å²) in [6.07, 6.45) is 1.81. The van der Waals surface area contributed by atoms with Gasteiger partial charge in [-0.1, -0.05) is 23.7 Å². The molecule has 5 rings (SSSR count). The van der Waals surface area contributed by atoms with Gasteiger partial charge in [0.25, 0.3) is 0 Å². The largest absolute Gasteiger partial charge is 0.497 e. The third-order valence-corrected chi connectivity index (χ3v) is 7.15. The summed E-state index contributed by atoms with van der Waals surface area (Å²) in [5.74, 6) is 1.39. The number of rotatable bonds is 6. The third-order valence-electron chi connectivity index (χ3n) is 6.60. The van der Waals surface area contributed by atoms with Gasteiger partial charge < -0.3 is 24.3 Å². The molecule has 8 heteroatoms. The molecule has 2 aromatic carbocycles. The molecule has 0 spiro atoms. The molecule has 6 nitrogen and oxygen atoms in total. The zero-order valence-corrected chi connectivity index (χ0v) is 22.1. The standard InChI is InChI=1S/C28H27ClN4O2S/c1-17-14-22(18(2)32(17)20-9-7-8-19(29)15-20)27-26(23-10-5-6-13-30-23)31-28(36)33(27)24-12-11-21(34-3)16-25(24)35-4/h5-16,26-27H,1-4H3,(H,31,36)/t26-,27-/m1/s1. The first-order chi connectivity index (χ1) is 17.4. The summed E-state index contributed by atoms with van der Waals surface area (Å²) >= 11 is 12.3. The first kappa shape index (κ1) is 24.2. The van der Waals surface area contributed by atoms with Gasteiger partial charge in [0.15, 0.2) is 5.11 Å². The molecular weight excluding hydrogens is 492 g/mol. The second kappa shape index (κ2) is 9.84. The summed E-state index contributed by atoms with van der Waals surface area (Å²) in [6, 6.07) is 21.5. The highest BCUT2D eigenvalue weighted by molar-refractivity contribution is 7.80. The molecule has 1 aliphatic heterocycles. The fourth-order valence-corrected chi connectivity index (χ4v) is 5.54. The first-order valence-electron chi connectivity index (χ1n) is 11.6. The fraction of sp³-hybridized carbons (Fsp3) is 0.214. The molecule has 0 saturated carbocycles. The number of pyridine rings is 1. The molecule has 1 saturated heterocycles. The molecule has 1 fully saturated rings. The van der Waals surface area contributed by atoms with E-state index in [9.17, 15) is 0 Å². The van der Waals surface area contributed by atoms with E-state index in [1.54, 1.807) is 14.2 Å². The van der Waals surface area contributed by atoms with Gasteiger partial charge in [0.1, 0.15) is 11.5 Å². The molecule has 36 heavy (non-hydrogen) atoms. The Morgan fingerprint density at radius 1 is 0.972 bits per heavy atom. The minimum Gasteiger partial charge on any atom is -0.497 e. The number of halogens is 1. The van der Waals surface area contributed by atoms with Crippen LogP contribution < -0.4 is 19.7 Å². The van der Waals surface area contributed by atoms with Crippen molar-refractivity contribution in [2.24, 2.45) is 0 Å². The van der Waals surface area contributed by atoms with Crippen LogP contribution in [-0.4, -0.2) is 28.9 Å². The number of thiocarbonyl (C=S) groups is 1. The molecular formula is C28H27ClN4O2S. The number of methoxy groups -OCH3 is 2. The van der Waals surface area contributed by atoms with Gasteiger partial charge in [-0.15, -0.1) is 0 Å². The number of nitrogens with zero attached hydrogens (tertiary/aromatic N) is 3. The highest BCUT2D eigenvalue weighted by Crippen LogP contribution is 2.46. The minimum atomic E-state index is -0.172. The van der Waals surface area contributed by atoms with Crippen molar-refractivity contribution in [2.45, 2.75) is 25.9 Å². The van der Waals surface area contributed by atoms with Crippen molar-refractivity contribution in [1.82, 2.24) is 14.9 Å². The number of aryl methyl sites for hydroxylation is 1. The van der Waals surface area contributed by atoms with Crippen molar-refractivity contribution < 1.29 is 9.47 Å². The molecule has 1 N–H and O–H groups in total. The topological polar surface area (TPSA) is 51.5 Å². The summed E-state index contributed by atoms with van der Waals surface area (Å²) in [5, 5.41) is 4.83. The Morgan fingerprint density at radius 2 is 1.81 bits per heavy atom. The lowest BCUT2D eigenvalue weighted by Crippen LogP contribution is -2.30. The zero-order chi connectivity index (χ0) is 25.4. The number of nitrogens with one attached hydrogen (secondary N) is 1. The van der Waals surface area contributed by atoms with Crippen LogP contribution in [0.25, 0.3) is 5.69 Å². The lowest BCUT2D eigenvalue weighted by atomic mass is 9.96. The van der Waals surface area contributed by atoms with Crippen LogP contribution in [0.2, 0.25) is 5.02 Å². The maximum Gasteiger partial charge on any atom is 0.174 e. The monoisotopic (exact) mass is 518 g/mol. The molecule has 184 valence electrons. The van der Waals surface area contributed by atoms with Crippen molar-refractivity contribution in [3.63, 3.8) is 0 Å². The molecule has 0 aliphatic carbocycles. The Bertz CT molecular complexity index is 1420. The Morgan fingerprint density at radius 3 is 2.50 bits per heavy atom. The van der Waals surface area contributed by atoms with E-state index in [-0.39, 0.29) is 12.1 Å². The number of ether oxygens (including phenoxy) is 2. The Hall–Kier alpha value is -3.55. The molecule has 0 amide bonds. The molecule has 3 heterocycles. The lowest BCUT2D eigenvalue weighted by molar-refractivity contribution is 0.394. The van der Waals surface area contributed by atoms with Crippen LogP contribution in [0.3, 0.4) is 0 Å². The van der Waals surface area contributed by atoms with Crippen LogP contribution in [0, 0.1) is 13.8 Å². The smallest absolute Gasteiger partial charge is 0.174 e.